The number of anilines is 1. The number of aliphatic hydroxyl groups excluding tert-OH is 1. The van der Waals surface area contributed by atoms with E-state index in [0.29, 0.717) is 10.8 Å². The average Bonchev–Trinajstić information content (AvgIpc) is 2.91. The lowest BCUT2D eigenvalue weighted by atomic mass is 10.1. The topological polar surface area (TPSA) is 57.0 Å². The van der Waals surface area contributed by atoms with Crippen molar-refractivity contribution in [2.75, 3.05) is 11.1 Å². The highest BCUT2D eigenvalue weighted by molar-refractivity contribution is 8.15. The number of benzene rings is 2. The average molecular weight is 388 g/mol. The maximum atomic E-state index is 10.3. The molecule has 1 aliphatic rings. The number of nitrogens with one attached hydrogen (secondary N) is 1. The van der Waals surface area contributed by atoms with Gasteiger partial charge in [-0.15, -0.1) is 0 Å². The van der Waals surface area contributed by atoms with E-state index in [1.165, 1.54) is 17.3 Å². The van der Waals surface area contributed by atoms with Crippen LogP contribution in [0.5, 0.6) is 0 Å². The zero-order valence-corrected chi connectivity index (χ0v) is 16.6. The van der Waals surface area contributed by atoms with Crippen LogP contribution in [-0.2, 0) is 0 Å². The highest BCUT2D eigenvalue weighted by Gasteiger charge is 2.28. The molecule has 0 spiro atoms. The summed E-state index contributed by atoms with van der Waals surface area (Å²) in [5.41, 5.74) is 3.49. The summed E-state index contributed by atoms with van der Waals surface area (Å²) in [5.74, 6) is 0.461. The number of aryl methyl sites for hydroxylation is 1. The van der Waals surface area contributed by atoms with Gasteiger partial charge in [-0.05, 0) is 45.0 Å². The van der Waals surface area contributed by atoms with E-state index < -0.39 is 11.9 Å². The lowest BCUT2D eigenvalue weighted by Gasteiger charge is -2.14. The summed E-state index contributed by atoms with van der Waals surface area (Å²) in [4.78, 5) is 9.46. The fraction of sp³-hybridized carbons (Fsp3) is 0.300. The van der Waals surface area contributed by atoms with Crippen LogP contribution in [0.2, 0.25) is 5.02 Å². The zero-order chi connectivity index (χ0) is 18.7. The molecule has 0 aliphatic carbocycles. The molecule has 6 heteroatoms. The first-order chi connectivity index (χ1) is 12.3. The van der Waals surface area contributed by atoms with Crippen LogP contribution < -0.4 is 5.32 Å². The standard InChI is InChI=1S/C20H22ClN3OS/c1-13-4-6-14(7-5-13)18-19(24-20(2,3)23-18)26-12-17(25)22-16-10-8-15(21)9-11-16/h4-11,17,22,25H,12H2,1-3H3. The largest absolute Gasteiger partial charge is 0.373 e. The second kappa shape index (κ2) is 7.82. The van der Waals surface area contributed by atoms with Crippen LogP contribution in [0.15, 0.2) is 58.5 Å². The van der Waals surface area contributed by atoms with Crippen LogP contribution in [0.3, 0.4) is 0 Å². The van der Waals surface area contributed by atoms with Crippen molar-refractivity contribution in [1.29, 1.82) is 0 Å². The molecular weight excluding hydrogens is 366 g/mol. The summed E-state index contributed by atoms with van der Waals surface area (Å²) in [5, 5.41) is 14.9. The fourth-order valence-electron chi connectivity index (χ4n) is 2.59. The minimum Gasteiger partial charge on any atom is -0.373 e. The van der Waals surface area contributed by atoms with Crippen LogP contribution in [0.1, 0.15) is 25.0 Å². The molecule has 0 aromatic heterocycles. The molecule has 3 rings (SSSR count). The lowest BCUT2D eigenvalue weighted by Crippen LogP contribution is -2.23. The maximum Gasteiger partial charge on any atom is 0.146 e. The molecule has 1 atom stereocenters. The second-order valence-electron chi connectivity index (χ2n) is 6.72. The number of thioether (sulfide) groups is 1. The molecule has 0 saturated carbocycles. The molecule has 1 heterocycles. The third-order valence-electron chi connectivity index (χ3n) is 3.84. The van der Waals surface area contributed by atoms with Gasteiger partial charge in [0.1, 0.15) is 16.9 Å². The molecule has 26 heavy (non-hydrogen) atoms. The van der Waals surface area contributed by atoms with Gasteiger partial charge in [0.15, 0.2) is 0 Å². The molecule has 2 aromatic rings. The number of halogens is 1. The Morgan fingerprint density at radius 3 is 2.38 bits per heavy atom. The van der Waals surface area contributed by atoms with Crippen molar-refractivity contribution in [2.24, 2.45) is 9.98 Å². The Morgan fingerprint density at radius 1 is 1.08 bits per heavy atom. The monoisotopic (exact) mass is 387 g/mol. The Morgan fingerprint density at radius 2 is 1.73 bits per heavy atom. The van der Waals surface area contributed by atoms with Crippen LogP contribution in [0.25, 0.3) is 0 Å². The molecule has 136 valence electrons. The summed E-state index contributed by atoms with van der Waals surface area (Å²) in [6.45, 7) is 6.03. The van der Waals surface area contributed by atoms with E-state index >= 15 is 0 Å². The molecule has 0 amide bonds. The zero-order valence-electron chi connectivity index (χ0n) is 15.0. The Kier molecular flexibility index (Phi) is 5.70. The van der Waals surface area contributed by atoms with Crippen LogP contribution in [-0.4, -0.2) is 33.5 Å². The van der Waals surface area contributed by atoms with Gasteiger partial charge in [-0.3, -0.25) is 4.99 Å². The third-order valence-corrected chi connectivity index (χ3v) is 5.14. The molecule has 0 bridgehead atoms. The Hall–Kier alpha value is -1.82. The quantitative estimate of drug-likeness (QED) is 0.728. The summed E-state index contributed by atoms with van der Waals surface area (Å²) >= 11 is 7.39. The SMILES string of the molecule is Cc1ccc(C2=NC(C)(C)N=C2SCC(O)Nc2ccc(Cl)cc2)cc1. The van der Waals surface area contributed by atoms with E-state index in [1.54, 1.807) is 12.1 Å². The van der Waals surface area contributed by atoms with Crippen LogP contribution >= 0.6 is 23.4 Å². The number of hydrogen-bond acceptors (Lipinski definition) is 5. The van der Waals surface area contributed by atoms with Gasteiger partial charge in [-0.2, -0.15) is 0 Å². The minimum absolute atomic E-state index is 0.461. The summed E-state index contributed by atoms with van der Waals surface area (Å²) in [6.07, 6.45) is -0.702. The van der Waals surface area contributed by atoms with Gasteiger partial charge in [0.2, 0.25) is 0 Å². The maximum absolute atomic E-state index is 10.3. The van der Waals surface area contributed by atoms with Crippen molar-refractivity contribution in [3.05, 3.63) is 64.7 Å². The Balaban J connectivity index is 1.66. The number of rotatable bonds is 5. The molecule has 2 N–H and O–H groups in total. The minimum atomic E-state index is -0.702. The molecule has 0 radical (unpaired) electrons. The molecule has 4 nitrogen and oxygen atoms in total. The molecule has 0 saturated heterocycles. The second-order valence-corrected chi connectivity index (χ2v) is 8.16. The predicted octanol–water partition coefficient (Wildman–Crippen LogP) is 4.75. The summed E-state index contributed by atoms with van der Waals surface area (Å²) in [7, 11) is 0. The first kappa shape index (κ1) is 19.0. The number of hydrogen-bond donors (Lipinski definition) is 2. The first-order valence-electron chi connectivity index (χ1n) is 8.42. The summed E-state index contributed by atoms with van der Waals surface area (Å²) in [6, 6.07) is 15.5. The van der Waals surface area contributed by atoms with E-state index in [2.05, 4.69) is 36.5 Å². The Bertz CT molecular complexity index is 829. The van der Waals surface area contributed by atoms with E-state index in [-0.39, 0.29) is 0 Å². The third kappa shape index (κ3) is 4.87. The van der Waals surface area contributed by atoms with Crippen molar-refractivity contribution in [3.63, 3.8) is 0 Å². The summed E-state index contributed by atoms with van der Waals surface area (Å²) < 4.78 is 0. The van der Waals surface area contributed by atoms with Gasteiger partial charge >= 0.3 is 0 Å². The van der Waals surface area contributed by atoms with Crippen molar-refractivity contribution >= 4 is 39.8 Å². The van der Waals surface area contributed by atoms with E-state index in [4.69, 9.17) is 21.6 Å². The van der Waals surface area contributed by atoms with Gasteiger partial charge in [0.05, 0.1) is 5.71 Å². The van der Waals surface area contributed by atoms with E-state index in [1.807, 2.05) is 26.0 Å². The highest BCUT2D eigenvalue weighted by Crippen LogP contribution is 2.27. The molecule has 1 unspecified atom stereocenters. The smallest absolute Gasteiger partial charge is 0.146 e. The predicted molar refractivity (Wildman–Crippen MR) is 113 cm³/mol. The Labute approximate surface area is 163 Å². The lowest BCUT2D eigenvalue weighted by molar-refractivity contribution is 0.229. The van der Waals surface area contributed by atoms with Crippen LogP contribution in [0.4, 0.5) is 5.69 Å². The normalized spacial score (nSPS) is 16.8. The van der Waals surface area contributed by atoms with Gasteiger partial charge < -0.3 is 10.4 Å². The first-order valence-corrected chi connectivity index (χ1v) is 9.79. The molecule has 2 aromatic carbocycles. The van der Waals surface area contributed by atoms with Crippen molar-refractivity contribution < 1.29 is 5.11 Å². The number of aliphatic hydroxyl groups is 1. The number of aliphatic imine (C=N–C) groups is 2. The molecule has 0 fully saturated rings. The van der Waals surface area contributed by atoms with Gasteiger partial charge in [0.25, 0.3) is 0 Å². The van der Waals surface area contributed by atoms with Crippen molar-refractivity contribution in [2.45, 2.75) is 32.7 Å². The van der Waals surface area contributed by atoms with Crippen LogP contribution in [0, 0.1) is 6.92 Å². The number of nitrogens with zero attached hydrogens (tertiary/aromatic N) is 2. The van der Waals surface area contributed by atoms with Crippen molar-refractivity contribution in [3.8, 4) is 0 Å². The molecule has 1 aliphatic heterocycles. The van der Waals surface area contributed by atoms with Gasteiger partial charge in [-0.1, -0.05) is 53.2 Å². The van der Waals surface area contributed by atoms with E-state index in [0.717, 1.165) is 22.0 Å². The highest BCUT2D eigenvalue weighted by atomic mass is 35.5. The van der Waals surface area contributed by atoms with Crippen molar-refractivity contribution in [1.82, 2.24) is 0 Å². The fourth-order valence-corrected chi connectivity index (χ4v) is 3.70. The van der Waals surface area contributed by atoms with Gasteiger partial charge in [0, 0.05) is 22.0 Å². The molecular formula is C20H22ClN3OS. The van der Waals surface area contributed by atoms with Gasteiger partial charge in [-0.25, -0.2) is 4.99 Å². The van der Waals surface area contributed by atoms with E-state index in [9.17, 15) is 5.11 Å².